The molecule has 0 bridgehead atoms. The standard InChI is InChI=1S/C19H17N3O5S/c1-13-6-8-15(9-7-13)28(25,26)21-11-18(23)22-20-10-14-12-27-17-5-3-2-4-16(17)19(14)24/h2-10,12,21H,11H2,1H3,(H,22,23)/b20-10-. The zero-order valence-corrected chi connectivity index (χ0v) is 15.7. The summed E-state index contributed by atoms with van der Waals surface area (Å²) < 4.78 is 31.8. The average Bonchev–Trinajstić information content (AvgIpc) is 2.69. The maximum Gasteiger partial charge on any atom is 0.255 e. The number of nitrogens with zero attached hydrogens (tertiary/aromatic N) is 1. The van der Waals surface area contributed by atoms with Crippen molar-refractivity contribution in [2.45, 2.75) is 11.8 Å². The van der Waals surface area contributed by atoms with Gasteiger partial charge in [-0.2, -0.15) is 5.10 Å². The number of para-hydroxylation sites is 1. The summed E-state index contributed by atoms with van der Waals surface area (Å²) in [5, 5.41) is 4.07. The van der Waals surface area contributed by atoms with E-state index in [-0.39, 0.29) is 15.9 Å². The van der Waals surface area contributed by atoms with Crippen LogP contribution >= 0.6 is 0 Å². The second kappa shape index (κ2) is 8.15. The molecule has 0 aliphatic rings. The molecule has 8 nitrogen and oxygen atoms in total. The molecule has 144 valence electrons. The second-order valence-electron chi connectivity index (χ2n) is 5.95. The number of hydrazone groups is 1. The van der Waals surface area contributed by atoms with Crippen LogP contribution < -0.4 is 15.6 Å². The van der Waals surface area contributed by atoms with Crippen LogP contribution in [0, 0.1) is 6.92 Å². The molecule has 0 fully saturated rings. The van der Waals surface area contributed by atoms with E-state index in [9.17, 15) is 18.0 Å². The van der Waals surface area contributed by atoms with E-state index < -0.39 is 22.5 Å². The zero-order valence-electron chi connectivity index (χ0n) is 14.9. The number of hydrogen-bond acceptors (Lipinski definition) is 6. The van der Waals surface area contributed by atoms with E-state index in [1.54, 1.807) is 36.4 Å². The van der Waals surface area contributed by atoms with Gasteiger partial charge in [0.15, 0.2) is 0 Å². The lowest BCUT2D eigenvalue weighted by molar-refractivity contribution is -0.119. The lowest BCUT2D eigenvalue weighted by Crippen LogP contribution is -2.35. The van der Waals surface area contributed by atoms with Crippen LogP contribution in [0.25, 0.3) is 11.0 Å². The zero-order chi connectivity index (χ0) is 20.1. The molecule has 1 amide bonds. The second-order valence-corrected chi connectivity index (χ2v) is 7.71. The minimum atomic E-state index is -3.81. The van der Waals surface area contributed by atoms with Crippen LogP contribution in [0.5, 0.6) is 0 Å². The van der Waals surface area contributed by atoms with Crippen molar-refractivity contribution in [1.29, 1.82) is 0 Å². The Morgan fingerprint density at radius 3 is 2.61 bits per heavy atom. The summed E-state index contributed by atoms with van der Waals surface area (Å²) in [4.78, 5) is 24.2. The van der Waals surface area contributed by atoms with Crippen LogP contribution in [0.4, 0.5) is 0 Å². The van der Waals surface area contributed by atoms with Crippen LogP contribution in [-0.2, 0) is 14.8 Å². The Kier molecular flexibility index (Phi) is 5.67. The van der Waals surface area contributed by atoms with Crippen LogP contribution in [-0.4, -0.2) is 27.1 Å². The fourth-order valence-electron chi connectivity index (χ4n) is 2.36. The van der Waals surface area contributed by atoms with Crippen LogP contribution in [0.2, 0.25) is 0 Å². The van der Waals surface area contributed by atoms with Gasteiger partial charge in [0.2, 0.25) is 15.5 Å². The molecular weight excluding hydrogens is 382 g/mol. The highest BCUT2D eigenvalue weighted by atomic mass is 32.2. The molecule has 0 radical (unpaired) electrons. The molecule has 2 N–H and O–H groups in total. The van der Waals surface area contributed by atoms with Crippen molar-refractivity contribution in [1.82, 2.24) is 10.1 Å². The summed E-state index contributed by atoms with van der Waals surface area (Å²) in [7, 11) is -3.81. The first kappa shape index (κ1) is 19.5. The number of fused-ring (bicyclic) bond motifs is 1. The van der Waals surface area contributed by atoms with E-state index in [1.165, 1.54) is 18.4 Å². The first-order chi connectivity index (χ1) is 13.4. The minimum Gasteiger partial charge on any atom is -0.463 e. The van der Waals surface area contributed by atoms with Gasteiger partial charge in [0, 0.05) is 0 Å². The molecule has 3 rings (SSSR count). The Morgan fingerprint density at radius 2 is 1.86 bits per heavy atom. The summed E-state index contributed by atoms with van der Waals surface area (Å²) in [6.07, 6.45) is 2.38. The highest BCUT2D eigenvalue weighted by molar-refractivity contribution is 7.89. The molecule has 0 saturated heterocycles. The number of sulfonamides is 1. The van der Waals surface area contributed by atoms with Gasteiger partial charge in [0.1, 0.15) is 11.8 Å². The molecule has 0 aliphatic heterocycles. The third-order valence-electron chi connectivity index (χ3n) is 3.85. The van der Waals surface area contributed by atoms with Crippen molar-refractivity contribution in [3.05, 3.63) is 76.1 Å². The number of carbonyl (C=O) groups is 1. The molecule has 2 aromatic carbocycles. The van der Waals surface area contributed by atoms with Gasteiger partial charge in [0.05, 0.1) is 28.6 Å². The molecule has 0 unspecified atom stereocenters. The minimum absolute atomic E-state index is 0.0585. The van der Waals surface area contributed by atoms with E-state index in [4.69, 9.17) is 4.42 Å². The highest BCUT2D eigenvalue weighted by Crippen LogP contribution is 2.10. The Balaban J connectivity index is 1.61. The third-order valence-corrected chi connectivity index (χ3v) is 5.27. The SMILES string of the molecule is Cc1ccc(S(=O)(=O)NCC(=O)N/N=C\c2coc3ccccc3c2=O)cc1. The Bertz CT molecular complexity index is 1200. The quantitative estimate of drug-likeness (QED) is 0.481. The maximum absolute atomic E-state index is 12.3. The van der Waals surface area contributed by atoms with E-state index in [1.807, 2.05) is 6.92 Å². The largest absolute Gasteiger partial charge is 0.463 e. The van der Waals surface area contributed by atoms with Crippen LogP contribution in [0.1, 0.15) is 11.1 Å². The topological polar surface area (TPSA) is 118 Å². The Labute approximate surface area is 160 Å². The molecule has 1 heterocycles. The number of hydrogen-bond donors (Lipinski definition) is 2. The fraction of sp³-hybridized carbons (Fsp3) is 0.105. The first-order valence-corrected chi connectivity index (χ1v) is 9.74. The van der Waals surface area contributed by atoms with Crippen LogP contribution in [0.15, 0.2) is 74.0 Å². The van der Waals surface area contributed by atoms with Gasteiger partial charge in [0.25, 0.3) is 5.91 Å². The highest BCUT2D eigenvalue weighted by Gasteiger charge is 2.15. The van der Waals surface area contributed by atoms with Gasteiger partial charge in [-0.05, 0) is 31.2 Å². The lowest BCUT2D eigenvalue weighted by Gasteiger charge is -2.06. The van der Waals surface area contributed by atoms with E-state index >= 15 is 0 Å². The fourth-order valence-corrected chi connectivity index (χ4v) is 3.34. The van der Waals surface area contributed by atoms with Gasteiger partial charge in [-0.25, -0.2) is 18.6 Å². The van der Waals surface area contributed by atoms with E-state index in [0.717, 1.165) is 11.8 Å². The Hall–Kier alpha value is -3.30. The molecular formula is C19H17N3O5S. The van der Waals surface area contributed by atoms with Gasteiger partial charge in [-0.15, -0.1) is 0 Å². The molecule has 0 saturated carbocycles. The summed E-state index contributed by atoms with van der Waals surface area (Å²) in [5.74, 6) is -0.683. The number of benzene rings is 2. The van der Waals surface area contributed by atoms with Gasteiger partial charge < -0.3 is 4.42 Å². The normalized spacial score (nSPS) is 11.8. The third kappa shape index (κ3) is 4.51. The Morgan fingerprint density at radius 1 is 1.14 bits per heavy atom. The van der Waals surface area contributed by atoms with Gasteiger partial charge in [-0.1, -0.05) is 29.8 Å². The molecule has 0 aliphatic carbocycles. The summed E-state index contributed by atoms with van der Waals surface area (Å²) >= 11 is 0. The predicted octanol–water partition coefficient (Wildman–Crippen LogP) is 1.53. The predicted molar refractivity (Wildman–Crippen MR) is 105 cm³/mol. The number of aryl methyl sites for hydroxylation is 1. The summed E-state index contributed by atoms with van der Waals surface area (Å²) in [5.41, 5.74) is 3.39. The van der Waals surface area contributed by atoms with Crippen molar-refractivity contribution in [2.24, 2.45) is 5.10 Å². The van der Waals surface area contributed by atoms with E-state index in [2.05, 4.69) is 15.2 Å². The van der Waals surface area contributed by atoms with Crippen molar-refractivity contribution in [3.8, 4) is 0 Å². The monoisotopic (exact) mass is 399 g/mol. The molecule has 28 heavy (non-hydrogen) atoms. The van der Waals surface area contributed by atoms with Gasteiger partial charge >= 0.3 is 0 Å². The molecule has 0 spiro atoms. The van der Waals surface area contributed by atoms with E-state index in [0.29, 0.717) is 11.0 Å². The summed E-state index contributed by atoms with van der Waals surface area (Å²) in [6.45, 7) is 1.34. The van der Waals surface area contributed by atoms with Crippen molar-refractivity contribution in [2.75, 3.05) is 6.54 Å². The first-order valence-electron chi connectivity index (χ1n) is 8.25. The molecule has 9 heteroatoms. The van der Waals surface area contributed by atoms with Crippen molar-refractivity contribution >= 4 is 33.1 Å². The molecule has 3 aromatic rings. The number of rotatable bonds is 6. The van der Waals surface area contributed by atoms with Gasteiger partial charge in [-0.3, -0.25) is 9.59 Å². The molecule has 1 aromatic heterocycles. The maximum atomic E-state index is 12.3. The van der Waals surface area contributed by atoms with Crippen LogP contribution in [0.3, 0.4) is 0 Å². The lowest BCUT2D eigenvalue weighted by atomic mass is 10.2. The summed E-state index contributed by atoms with van der Waals surface area (Å²) in [6, 6.07) is 13.0. The smallest absolute Gasteiger partial charge is 0.255 e. The number of nitrogens with one attached hydrogen (secondary N) is 2. The number of carbonyl (C=O) groups excluding carboxylic acids is 1. The van der Waals surface area contributed by atoms with Crippen molar-refractivity contribution < 1.29 is 17.6 Å². The molecule has 0 atom stereocenters. The average molecular weight is 399 g/mol. The van der Waals surface area contributed by atoms with Crippen molar-refractivity contribution in [3.63, 3.8) is 0 Å². The number of amides is 1.